The lowest BCUT2D eigenvalue weighted by atomic mass is 10.2. The molecule has 0 aromatic carbocycles. The Morgan fingerprint density at radius 3 is 2.45 bits per heavy atom. The fraction of sp³-hybridized carbons (Fsp3) is 0.500. The van der Waals surface area contributed by atoms with Gasteiger partial charge in [-0.15, -0.1) is 11.3 Å². The summed E-state index contributed by atoms with van der Waals surface area (Å²) in [6, 6.07) is 3.54. The van der Waals surface area contributed by atoms with E-state index in [4.69, 9.17) is 4.74 Å². The first-order chi connectivity index (χ1) is 13.5. The van der Waals surface area contributed by atoms with E-state index in [9.17, 15) is 9.59 Å². The summed E-state index contributed by atoms with van der Waals surface area (Å²) >= 11 is 1.44. The van der Waals surface area contributed by atoms with E-state index in [0.29, 0.717) is 36.0 Å². The molecule has 2 amide bonds. The van der Waals surface area contributed by atoms with Crippen molar-refractivity contribution < 1.29 is 14.3 Å². The van der Waals surface area contributed by atoms with Gasteiger partial charge < -0.3 is 15.4 Å². The molecule has 0 unspecified atom stereocenters. The normalized spacial score (nSPS) is 11.1. The van der Waals surface area contributed by atoms with E-state index in [2.05, 4.69) is 25.9 Å². The van der Waals surface area contributed by atoms with Gasteiger partial charge in [-0.2, -0.15) is 0 Å². The van der Waals surface area contributed by atoms with Crippen LogP contribution in [0.25, 0.3) is 0 Å². The van der Waals surface area contributed by atoms with Gasteiger partial charge in [-0.05, 0) is 60.1 Å². The molecular formula is C20H29N5O3S. The smallest absolute Gasteiger partial charge is 0.407 e. The van der Waals surface area contributed by atoms with E-state index >= 15 is 0 Å². The Labute approximate surface area is 175 Å². The minimum atomic E-state index is -0.523. The lowest BCUT2D eigenvalue weighted by Gasteiger charge is -2.19. The van der Waals surface area contributed by atoms with Gasteiger partial charge in [0.15, 0.2) is 5.13 Å². The second-order valence-electron chi connectivity index (χ2n) is 7.67. The summed E-state index contributed by atoms with van der Waals surface area (Å²) in [6.45, 7) is 12.2. The van der Waals surface area contributed by atoms with Gasteiger partial charge in [0, 0.05) is 23.7 Å². The molecule has 9 heteroatoms. The molecule has 3 N–H and O–H groups in total. The maximum Gasteiger partial charge on any atom is 0.407 e. The van der Waals surface area contributed by atoms with Crippen molar-refractivity contribution in [1.82, 2.24) is 15.3 Å². The number of aromatic nitrogens is 2. The molecule has 2 aromatic heterocycles. The van der Waals surface area contributed by atoms with Crippen molar-refractivity contribution >= 4 is 34.3 Å². The number of anilines is 2. The number of aryl methyl sites for hydroxylation is 3. The molecule has 0 aliphatic carbocycles. The van der Waals surface area contributed by atoms with Gasteiger partial charge >= 0.3 is 6.09 Å². The maximum absolute atomic E-state index is 12.7. The average molecular weight is 420 g/mol. The van der Waals surface area contributed by atoms with Gasteiger partial charge in [0.1, 0.15) is 11.4 Å². The standard InChI is InChI=1S/C20H29N5O3S/c1-12-8-9-15(17(26)25-18-24-13(2)14(3)29-18)16(23-12)21-10-7-11-22-19(27)28-20(4,5)6/h8-9H,7,10-11H2,1-6H3,(H,21,23)(H,22,27)(H,24,25,26). The number of alkyl carbamates (subject to hydrolysis) is 1. The molecule has 8 nitrogen and oxygen atoms in total. The predicted molar refractivity (Wildman–Crippen MR) is 116 cm³/mol. The molecule has 29 heavy (non-hydrogen) atoms. The van der Waals surface area contributed by atoms with Crippen LogP contribution >= 0.6 is 11.3 Å². The highest BCUT2D eigenvalue weighted by Crippen LogP contribution is 2.23. The number of carbonyl (C=O) groups is 2. The van der Waals surface area contributed by atoms with Gasteiger partial charge in [0.2, 0.25) is 0 Å². The second kappa shape index (κ2) is 9.69. The molecule has 2 aromatic rings. The lowest BCUT2D eigenvalue weighted by molar-refractivity contribution is 0.0527. The molecular weight excluding hydrogens is 390 g/mol. The topological polar surface area (TPSA) is 105 Å². The molecule has 0 radical (unpaired) electrons. The zero-order valence-electron chi connectivity index (χ0n) is 17.8. The number of hydrogen-bond acceptors (Lipinski definition) is 7. The maximum atomic E-state index is 12.7. The molecule has 0 saturated heterocycles. The van der Waals surface area contributed by atoms with Gasteiger partial charge in [0.05, 0.1) is 11.3 Å². The number of carbonyl (C=O) groups excluding carboxylic acids is 2. The van der Waals surface area contributed by atoms with Gasteiger partial charge in [-0.3, -0.25) is 10.1 Å². The third kappa shape index (κ3) is 7.34. The van der Waals surface area contributed by atoms with Crippen LogP contribution in [0.15, 0.2) is 12.1 Å². The Bertz CT molecular complexity index is 854. The molecule has 2 heterocycles. The molecule has 0 aliphatic heterocycles. The van der Waals surface area contributed by atoms with Crippen LogP contribution < -0.4 is 16.0 Å². The lowest BCUT2D eigenvalue weighted by Crippen LogP contribution is -2.33. The van der Waals surface area contributed by atoms with Crippen molar-refractivity contribution in [3.05, 3.63) is 34.0 Å². The fourth-order valence-electron chi connectivity index (χ4n) is 2.37. The number of ether oxygens (including phenoxy) is 1. The summed E-state index contributed by atoms with van der Waals surface area (Å²) < 4.78 is 5.19. The van der Waals surface area contributed by atoms with Crippen LogP contribution in [-0.4, -0.2) is 40.7 Å². The van der Waals surface area contributed by atoms with Crippen LogP contribution in [0.2, 0.25) is 0 Å². The summed E-state index contributed by atoms with van der Waals surface area (Å²) in [5, 5.41) is 9.29. The van der Waals surface area contributed by atoms with E-state index in [1.165, 1.54) is 11.3 Å². The first-order valence-electron chi connectivity index (χ1n) is 9.49. The number of amides is 2. The summed E-state index contributed by atoms with van der Waals surface area (Å²) in [5.41, 5.74) is 1.63. The molecule has 0 saturated carbocycles. The Morgan fingerprint density at radius 1 is 1.10 bits per heavy atom. The number of thiazole rings is 1. The van der Waals surface area contributed by atoms with Crippen molar-refractivity contribution in [1.29, 1.82) is 0 Å². The summed E-state index contributed by atoms with van der Waals surface area (Å²) in [7, 11) is 0. The Kier molecular flexibility index (Phi) is 7.55. The van der Waals surface area contributed by atoms with E-state index in [-0.39, 0.29) is 5.91 Å². The van der Waals surface area contributed by atoms with Gasteiger partial charge in [0.25, 0.3) is 5.91 Å². The first-order valence-corrected chi connectivity index (χ1v) is 10.3. The Hall–Kier alpha value is -2.68. The zero-order valence-corrected chi connectivity index (χ0v) is 18.6. The van der Waals surface area contributed by atoms with Crippen LogP contribution in [0.3, 0.4) is 0 Å². The molecule has 0 atom stereocenters. The zero-order chi connectivity index (χ0) is 21.6. The summed E-state index contributed by atoms with van der Waals surface area (Å²) in [4.78, 5) is 34.2. The van der Waals surface area contributed by atoms with E-state index in [1.807, 2.05) is 41.5 Å². The third-order valence-electron chi connectivity index (χ3n) is 3.84. The van der Waals surface area contributed by atoms with Crippen LogP contribution in [0.1, 0.15) is 53.8 Å². The van der Waals surface area contributed by atoms with Crippen molar-refractivity contribution in [2.75, 3.05) is 23.7 Å². The SMILES string of the molecule is Cc1ccc(C(=O)Nc2nc(C)c(C)s2)c(NCCCNC(=O)OC(C)(C)C)n1. The van der Waals surface area contributed by atoms with Crippen LogP contribution in [0, 0.1) is 20.8 Å². The van der Waals surface area contributed by atoms with Crippen molar-refractivity contribution in [3.8, 4) is 0 Å². The number of pyridine rings is 1. The Balaban J connectivity index is 1.91. The largest absolute Gasteiger partial charge is 0.444 e. The molecule has 0 spiro atoms. The number of rotatable bonds is 7. The van der Waals surface area contributed by atoms with Crippen molar-refractivity contribution in [3.63, 3.8) is 0 Å². The highest BCUT2D eigenvalue weighted by molar-refractivity contribution is 7.15. The minimum absolute atomic E-state index is 0.263. The van der Waals surface area contributed by atoms with Crippen LogP contribution in [-0.2, 0) is 4.74 Å². The van der Waals surface area contributed by atoms with Crippen LogP contribution in [0.4, 0.5) is 15.7 Å². The number of nitrogens with zero attached hydrogens (tertiary/aromatic N) is 2. The highest BCUT2D eigenvalue weighted by Gasteiger charge is 2.17. The Morgan fingerprint density at radius 2 is 1.83 bits per heavy atom. The minimum Gasteiger partial charge on any atom is -0.444 e. The first kappa shape index (κ1) is 22.6. The molecule has 0 bridgehead atoms. The predicted octanol–water partition coefficient (Wildman–Crippen LogP) is 4.04. The van der Waals surface area contributed by atoms with E-state index in [0.717, 1.165) is 16.3 Å². The number of nitrogens with one attached hydrogen (secondary N) is 3. The summed E-state index contributed by atoms with van der Waals surface area (Å²) in [5.74, 6) is 0.241. The molecule has 158 valence electrons. The monoisotopic (exact) mass is 419 g/mol. The molecule has 0 fully saturated rings. The highest BCUT2D eigenvalue weighted by atomic mass is 32.1. The molecule has 2 rings (SSSR count). The average Bonchev–Trinajstić information content (AvgIpc) is 2.90. The molecule has 0 aliphatic rings. The number of hydrogen-bond donors (Lipinski definition) is 3. The van der Waals surface area contributed by atoms with Gasteiger partial charge in [-0.1, -0.05) is 0 Å². The second-order valence-corrected chi connectivity index (χ2v) is 8.88. The fourth-order valence-corrected chi connectivity index (χ4v) is 3.17. The quantitative estimate of drug-likeness (QED) is 0.585. The van der Waals surface area contributed by atoms with Crippen molar-refractivity contribution in [2.24, 2.45) is 0 Å². The van der Waals surface area contributed by atoms with Crippen LogP contribution in [0.5, 0.6) is 0 Å². The summed E-state index contributed by atoms with van der Waals surface area (Å²) in [6.07, 6.45) is 0.209. The van der Waals surface area contributed by atoms with Gasteiger partial charge in [-0.25, -0.2) is 14.8 Å². The van der Waals surface area contributed by atoms with E-state index < -0.39 is 11.7 Å². The van der Waals surface area contributed by atoms with E-state index in [1.54, 1.807) is 12.1 Å². The van der Waals surface area contributed by atoms with Crippen molar-refractivity contribution in [2.45, 2.75) is 53.6 Å². The third-order valence-corrected chi connectivity index (χ3v) is 4.83.